The number of piperidine rings is 1. The molecule has 1 atom stereocenters. The standard InChI is InChI=1S/C14H20N4O/c1-3-17-9-5-4-7-11(17)13-15-16-14-12(19-2)8-6-10-18(13)14/h6,8,10-11H,3-5,7,9H2,1-2H3. The van der Waals surface area contributed by atoms with Gasteiger partial charge in [-0.15, -0.1) is 10.2 Å². The van der Waals surface area contributed by atoms with Crippen molar-refractivity contribution in [3.63, 3.8) is 0 Å². The van der Waals surface area contributed by atoms with E-state index in [2.05, 4.69) is 26.4 Å². The van der Waals surface area contributed by atoms with Gasteiger partial charge in [0.2, 0.25) is 5.65 Å². The van der Waals surface area contributed by atoms with E-state index in [1.165, 1.54) is 12.8 Å². The maximum Gasteiger partial charge on any atom is 0.203 e. The number of likely N-dealkylation sites (tertiary alicyclic amines) is 1. The van der Waals surface area contributed by atoms with E-state index in [4.69, 9.17) is 4.74 Å². The van der Waals surface area contributed by atoms with Crippen LogP contribution in [0.4, 0.5) is 0 Å². The van der Waals surface area contributed by atoms with Crippen molar-refractivity contribution in [3.05, 3.63) is 24.2 Å². The molecule has 1 saturated heterocycles. The molecule has 5 heteroatoms. The van der Waals surface area contributed by atoms with Gasteiger partial charge in [0, 0.05) is 6.20 Å². The first-order valence-corrected chi connectivity index (χ1v) is 6.97. The van der Waals surface area contributed by atoms with Crippen molar-refractivity contribution in [3.8, 4) is 5.75 Å². The van der Waals surface area contributed by atoms with Gasteiger partial charge in [-0.3, -0.25) is 9.30 Å². The van der Waals surface area contributed by atoms with Gasteiger partial charge in [-0.1, -0.05) is 13.3 Å². The van der Waals surface area contributed by atoms with Crippen molar-refractivity contribution in [2.24, 2.45) is 0 Å². The summed E-state index contributed by atoms with van der Waals surface area (Å²) in [6, 6.07) is 4.28. The minimum absolute atomic E-state index is 0.376. The Morgan fingerprint density at radius 1 is 1.37 bits per heavy atom. The Morgan fingerprint density at radius 2 is 2.26 bits per heavy atom. The van der Waals surface area contributed by atoms with Crippen molar-refractivity contribution in [1.82, 2.24) is 19.5 Å². The number of nitrogens with zero attached hydrogens (tertiary/aromatic N) is 4. The molecule has 0 spiro atoms. The minimum Gasteiger partial charge on any atom is -0.493 e. The van der Waals surface area contributed by atoms with Crippen molar-refractivity contribution >= 4 is 5.65 Å². The molecular weight excluding hydrogens is 240 g/mol. The van der Waals surface area contributed by atoms with Gasteiger partial charge in [-0.05, 0) is 38.1 Å². The number of aromatic nitrogens is 3. The molecule has 1 aliphatic rings. The fraction of sp³-hybridized carbons (Fsp3) is 0.571. The summed E-state index contributed by atoms with van der Waals surface area (Å²) < 4.78 is 7.41. The van der Waals surface area contributed by atoms with Crippen molar-refractivity contribution in [2.75, 3.05) is 20.2 Å². The highest BCUT2D eigenvalue weighted by Gasteiger charge is 2.27. The second-order valence-corrected chi connectivity index (χ2v) is 4.97. The van der Waals surface area contributed by atoms with Gasteiger partial charge in [-0.2, -0.15) is 0 Å². The molecule has 1 aliphatic heterocycles. The molecule has 102 valence electrons. The van der Waals surface area contributed by atoms with Crippen molar-refractivity contribution < 1.29 is 4.74 Å². The molecule has 1 unspecified atom stereocenters. The molecule has 0 amide bonds. The van der Waals surface area contributed by atoms with Gasteiger partial charge >= 0.3 is 0 Å². The molecule has 0 bridgehead atoms. The van der Waals surface area contributed by atoms with E-state index in [1.807, 2.05) is 18.3 Å². The van der Waals surface area contributed by atoms with E-state index in [-0.39, 0.29) is 0 Å². The number of pyridine rings is 1. The van der Waals surface area contributed by atoms with Gasteiger partial charge in [-0.25, -0.2) is 0 Å². The van der Waals surface area contributed by atoms with Crippen molar-refractivity contribution in [1.29, 1.82) is 0 Å². The van der Waals surface area contributed by atoms with Gasteiger partial charge < -0.3 is 4.74 Å². The molecule has 0 saturated carbocycles. The lowest BCUT2D eigenvalue weighted by Crippen LogP contribution is -2.34. The van der Waals surface area contributed by atoms with Crippen LogP contribution in [0.25, 0.3) is 5.65 Å². The summed E-state index contributed by atoms with van der Waals surface area (Å²) in [5.41, 5.74) is 0.807. The van der Waals surface area contributed by atoms with E-state index < -0.39 is 0 Å². The van der Waals surface area contributed by atoms with E-state index in [9.17, 15) is 0 Å². The van der Waals surface area contributed by atoms with E-state index in [0.717, 1.165) is 36.7 Å². The first-order chi connectivity index (χ1) is 9.35. The predicted octanol–water partition coefficient (Wildman–Crippen LogP) is 2.28. The third-order valence-corrected chi connectivity index (χ3v) is 3.96. The zero-order valence-corrected chi connectivity index (χ0v) is 11.5. The molecule has 0 N–H and O–H groups in total. The maximum atomic E-state index is 5.34. The van der Waals surface area contributed by atoms with E-state index >= 15 is 0 Å². The van der Waals surface area contributed by atoms with Gasteiger partial charge in [0.1, 0.15) is 0 Å². The van der Waals surface area contributed by atoms with Crippen LogP contribution in [0.2, 0.25) is 0 Å². The summed E-state index contributed by atoms with van der Waals surface area (Å²) >= 11 is 0. The average Bonchev–Trinajstić information content (AvgIpc) is 2.90. The van der Waals surface area contributed by atoms with E-state index in [1.54, 1.807) is 7.11 Å². The number of hydrogen-bond acceptors (Lipinski definition) is 4. The first-order valence-electron chi connectivity index (χ1n) is 6.97. The van der Waals surface area contributed by atoms with E-state index in [0.29, 0.717) is 6.04 Å². The summed E-state index contributed by atoms with van der Waals surface area (Å²) in [6.07, 6.45) is 5.73. The Bertz CT molecular complexity index is 566. The SMILES string of the molecule is CCN1CCCCC1c1nnc2c(OC)cccn12. The molecule has 0 aliphatic carbocycles. The lowest BCUT2D eigenvalue weighted by atomic mass is 10.0. The van der Waals surface area contributed by atoms with Crippen LogP contribution in [-0.4, -0.2) is 39.7 Å². The Labute approximate surface area is 113 Å². The molecule has 3 rings (SSSR count). The largest absolute Gasteiger partial charge is 0.493 e. The molecule has 2 aromatic rings. The van der Waals surface area contributed by atoms with Crippen LogP contribution in [0, 0.1) is 0 Å². The zero-order valence-electron chi connectivity index (χ0n) is 11.5. The van der Waals surface area contributed by atoms with Crippen LogP contribution in [0.15, 0.2) is 18.3 Å². The minimum atomic E-state index is 0.376. The molecule has 1 fully saturated rings. The van der Waals surface area contributed by atoms with Crippen LogP contribution in [0.3, 0.4) is 0 Å². The normalized spacial score (nSPS) is 20.8. The fourth-order valence-corrected chi connectivity index (χ4v) is 2.96. The Morgan fingerprint density at radius 3 is 3.05 bits per heavy atom. The van der Waals surface area contributed by atoms with Crippen LogP contribution in [0.5, 0.6) is 5.75 Å². The highest BCUT2D eigenvalue weighted by molar-refractivity contribution is 5.53. The topological polar surface area (TPSA) is 42.7 Å². The third-order valence-electron chi connectivity index (χ3n) is 3.96. The van der Waals surface area contributed by atoms with Gasteiger partial charge in [0.25, 0.3) is 0 Å². The first kappa shape index (κ1) is 12.4. The van der Waals surface area contributed by atoms with Crippen LogP contribution >= 0.6 is 0 Å². The Balaban J connectivity index is 2.05. The van der Waals surface area contributed by atoms with Crippen LogP contribution < -0.4 is 4.74 Å². The lowest BCUT2D eigenvalue weighted by Gasteiger charge is -2.33. The predicted molar refractivity (Wildman–Crippen MR) is 73.4 cm³/mol. The fourth-order valence-electron chi connectivity index (χ4n) is 2.96. The number of methoxy groups -OCH3 is 1. The number of ether oxygens (including phenoxy) is 1. The van der Waals surface area contributed by atoms with Gasteiger partial charge in [0.05, 0.1) is 13.2 Å². The van der Waals surface area contributed by atoms with Crippen LogP contribution in [-0.2, 0) is 0 Å². The molecule has 19 heavy (non-hydrogen) atoms. The highest BCUT2D eigenvalue weighted by atomic mass is 16.5. The van der Waals surface area contributed by atoms with Crippen molar-refractivity contribution in [2.45, 2.75) is 32.2 Å². The summed E-state index contributed by atoms with van der Waals surface area (Å²) in [7, 11) is 1.67. The average molecular weight is 260 g/mol. The highest BCUT2D eigenvalue weighted by Crippen LogP contribution is 2.30. The molecule has 0 aromatic carbocycles. The van der Waals surface area contributed by atoms with Gasteiger partial charge in [0.15, 0.2) is 11.6 Å². The molecule has 3 heterocycles. The quantitative estimate of drug-likeness (QED) is 0.849. The summed E-state index contributed by atoms with van der Waals surface area (Å²) in [5.74, 6) is 1.82. The zero-order chi connectivity index (χ0) is 13.2. The summed E-state index contributed by atoms with van der Waals surface area (Å²) in [5, 5.41) is 8.71. The Hall–Kier alpha value is -1.62. The second-order valence-electron chi connectivity index (χ2n) is 4.97. The summed E-state index contributed by atoms with van der Waals surface area (Å²) in [6.45, 7) is 4.42. The summed E-state index contributed by atoms with van der Waals surface area (Å²) in [4.78, 5) is 2.49. The lowest BCUT2D eigenvalue weighted by molar-refractivity contribution is 0.149. The maximum absolute atomic E-state index is 5.34. The monoisotopic (exact) mass is 260 g/mol. The third kappa shape index (κ3) is 2.08. The molecule has 2 aromatic heterocycles. The number of hydrogen-bond donors (Lipinski definition) is 0. The molecule has 5 nitrogen and oxygen atoms in total. The number of fused-ring (bicyclic) bond motifs is 1. The Kier molecular flexibility index (Phi) is 3.38. The number of rotatable bonds is 3. The van der Waals surface area contributed by atoms with Crippen LogP contribution in [0.1, 0.15) is 38.1 Å². The molecular formula is C14H20N4O. The second kappa shape index (κ2) is 5.17. The molecule has 0 radical (unpaired) electrons. The smallest absolute Gasteiger partial charge is 0.203 e.